The molecule has 0 unspecified atom stereocenters. The van der Waals surface area contributed by atoms with Crippen molar-refractivity contribution in [3.05, 3.63) is 47.6 Å². The van der Waals surface area contributed by atoms with Crippen molar-refractivity contribution in [2.24, 2.45) is 11.3 Å². The summed E-state index contributed by atoms with van der Waals surface area (Å²) in [6.07, 6.45) is 12.1. The number of carbonyl (C=O) groups is 3. The lowest BCUT2D eigenvalue weighted by Crippen LogP contribution is -2.65. The van der Waals surface area contributed by atoms with Gasteiger partial charge in [0.2, 0.25) is 0 Å². The average Bonchev–Trinajstić information content (AvgIpc) is 2.77. The van der Waals surface area contributed by atoms with E-state index in [2.05, 4.69) is 0 Å². The second-order valence-corrected chi connectivity index (χ2v) is 8.12. The Morgan fingerprint density at radius 1 is 1.36 bits per heavy atom. The number of rotatable bonds is 4. The van der Waals surface area contributed by atoms with Crippen molar-refractivity contribution >= 4 is 17.9 Å². The lowest BCUT2D eigenvalue weighted by Gasteiger charge is -2.53. The number of hydrogen-bond acceptors (Lipinski definition) is 5. The van der Waals surface area contributed by atoms with E-state index in [1.807, 2.05) is 25.2 Å². The molecule has 1 aliphatic heterocycles. The zero-order valence-corrected chi connectivity index (χ0v) is 16.7. The monoisotopic (exact) mass is 386 g/mol. The highest BCUT2D eigenvalue weighted by molar-refractivity contribution is 5.86. The number of carboxylic acids is 1. The van der Waals surface area contributed by atoms with Crippen LogP contribution >= 0.6 is 0 Å². The minimum absolute atomic E-state index is 0.174. The van der Waals surface area contributed by atoms with Crippen molar-refractivity contribution in [3.63, 3.8) is 0 Å². The van der Waals surface area contributed by atoms with Gasteiger partial charge in [0.15, 0.2) is 0 Å². The Balaban J connectivity index is 2.10. The number of carbonyl (C=O) groups excluding carboxylic acids is 2. The molecule has 2 fully saturated rings. The third kappa shape index (κ3) is 2.91. The number of carboxylic acid groups (broad SMARTS) is 1. The highest BCUT2D eigenvalue weighted by Gasteiger charge is 2.73. The Hall–Kier alpha value is -2.63. The van der Waals surface area contributed by atoms with Gasteiger partial charge in [-0.05, 0) is 39.7 Å². The van der Waals surface area contributed by atoms with Crippen LogP contribution in [0.4, 0.5) is 0 Å². The molecule has 1 N–H and O–H groups in total. The molecule has 0 aromatic carbocycles. The molecule has 3 aliphatic rings. The molecular formula is C22H26O6. The molecular weight excluding hydrogens is 360 g/mol. The minimum atomic E-state index is -1.02. The van der Waals surface area contributed by atoms with Gasteiger partial charge in [0.1, 0.15) is 16.6 Å². The first-order valence-electron chi connectivity index (χ1n) is 9.45. The Bertz CT molecular complexity index is 847. The average molecular weight is 386 g/mol. The summed E-state index contributed by atoms with van der Waals surface area (Å²) in [4.78, 5) is 36.3. The first-order chi connectivity index (χ1) is 13.1. The molecule has 1 saturated carbocycles. The van der Waals surface area contributed by atoms with Crippen molar-refractivity contribution in [1.82, 2.24) is 0 Å². The number of aliphatic carboxylic acids is 1. The second kappa shape index (κ2) is 6.76. The van der Waals surface area contributed by atoms with Crippen LogP contribution in [0, 0.1) is 11.3 Å². The fourth-order valence-corrected chi connectivity index (χ4v) is 4.85. The topological polar surface area (TPSA) is 89.9 Å². The van der Waals surface area contributed by atoms with Crippen molar-refractivity contribution in [2.45, 2.75) is 58.2 Å². The maximum Gasteiger partial charge on any atom is 0.331 e. The Labute approximate surface area is 164 Å². The molecule has 0 aromatic heterocycles. The van der Waals surface area contributed by atoms with E-state index < -0.39 is 34.5 Å². The molecule has 6 heteroatoms. The van der Waals surface area contributed by atoms with Gasteiger partial charge >= 0.3 is 17.9 Å². The van der Waals surface area contributed by atoms with Crippen molar-refractivity contribution in [3.8, 4) is 0 Å². The summed E-state index contributed by atoms with van der Waals surface area (Å²) in [5.74, 6) is -2.10. The van der Waals surface area contributed by atoms with Crippen LogP contribution in [-0.4, -0.2) is 34.2 Å². The summed E-state index contributed by atoms with van der Waals surface area (Å²) in [6.45, 7) is 6.59. The van der Waals surface area contributed by atoms with E-state index in [0.29, 0.717) is 19.3 Å². The summed E-state index contributed by atoms with van der Waals surface area (Å²) in [7, 11) is 0. The van der Waals surface area contributed by atoms with Gasteiger partial charge in [0.05, 0.1) is 0 Å². The summed E-state index contributed by atoms with van der Waals surface area (Å²) < 4.78 is 11.8. The summed E-state index contributed by atoms with van der Waals surface area (Å²) >= 11 is 0. The molecule has 2 aliphatic carbocycles. The fraction of sp³-hybridized carbons (Fsp3) is 0.500. The minimum Gasteiger partial charge on any atom is -0.478 e. The molecule has 0 amide bonds. The fourth-order valence-electron chi connectivity index (χ4n) is 4.85. The van der Waals surface area contributed by atoms with E-state index in [0.717, 1.165) is 5.57 Å². The van der Waals surface area contributed by atoms with E-state index in [4.69, 9.17) is 14.6 Å². The first-order valence-corrected chi connectivity index (χ1v) is 9.45. The lowest BCUT2D eigenvalue weighted by molar-refractivity contribution is -0.225. The van der Waals surface area contributed by atoms with Crippen LogP contribution in [0.1, 0.15) is 47.0 Å². The number of esters is 2. The van der Waals surface area contributed by atoms with Gasteiger partial charge in [-0.15, -0.1) is 0 Å². The molecule has 150 valence electrons. The SMILES string of the molecule is CC(=O)O[C@]12CC=C(C)C=C[C@]13CC[C@H]2[C@@](C)(/C=C/C=C(\C)C(=O)O)OC3=O. The number of allylic oxidation sites excluding steroid dienone is 4. The zero-order valence-electron chi connectivity index (χ0n) is 16.7. The molecule has 1 saturated heterocycles. The Morgan fingerprint density at radius 2 is 2.07 bits per heavy atom. The van der Waals surface area contributed by atoms with Gasteiger partial charge in [-0.25, -0.2) is 4.79 Å². The van der Waals surface area contributed by atoms with Crippen LogP contribution in [0.3, 0.4) is 0 Å². The Kier molecular flexibility index (Phi) is 4.86. The molecule has 28 heavy (non-hydrogen) atoms. The smallest absolute Gasteiger partial charge is 0.331 e. The summed E-state index contributed by atoms with van der Waals surface area (Å²) in [5.41, 5.74) is -1.86. The van der Waals surface area contributed by atoms with Crippen LogP contribution < -0.4 is 0 Å². The van der Waals surface area contributed by atoms with Gasteiger partial charge in [-0.1, -0.05) is 36.0 Å². The molecule has 0 aromatic rings. The van der Waals surface area contributed by atoms with Gasteiger partial charge < -0.3 is 14.6 Å². The lowest BCUT2D eigenvalue weighted by atomic mass is 9.63. The van der Waals surface area contributed by atoms with Crippen LogP contribution in [0.15, 0.2) is 47.6 Å². The molecule has 4 atom stereocenters. The third-order valence-electron chi connectivity index (χ3n) is 6.31. The summed E-state index contributed by atoms with van der Waals surface area (Å²) in [5, 5.41) is 9.02. The molecule has 2 bridgehead atoms. The summed E-state index contributed by atoms with van der Waals surface area (Å²) in [6, 6.07) is 0. The predicted molar refractivity (Wildman–Crippen MR) is 102 cm³/mol. The maximum absolute atomic E-state index is 13.2. The molecule has 1 heterocycles. The van der Waals surface area contributed by atoms with Crippen molar-refractivity contribution in [1.29, 1.82) is 0 Å². The van der Waals surface area contributed by atoms with E-state index >= 15 is 0 Å². The number of hydrogen-bond donors (Lipinski definition) is 1. The highest BCUT2D eigenvalue weighted by atomic mass is 16.6. The highest BCUT2D eigenvalue weighted by Crippen LogP contribution is 2.64. The van der Waals surface area contributed by atoms with Crippen LogP contribution in [-0.2, 0) is 23.9 Å². The van der Waals surface area contributed by atoms with Crippen molar-refractivity contribution < 1.29 is 29.0 Å². The Morgan fingerprint density at radius 3 is 2.71 bits per heavy atom. The quantitative estimate of drug-likeness (QED) is 0.452. The maximum atomic E-state index is 13.2. The number of ether oxygens (including phenoxy) is 2. The van der Waals surface area contributed by atoms with Gasteiger partial charge in [-0.3, -0.25) is 9.59 Å². The first kappa shape index (κ1) is 20.1. The zero-order chi connectivity index (χ0) is 20.7. The standard InChI is InChI=1S/C22H26O6/c1-14-7-11-21-12-9-17(22(21,13-8-14)27-16(3)23)20(4,28-19(21)26)10-5-6-15(2)18(24)25/h5-8,10-11,17H,9,12-13H2,1-4H3,(H,24,25)/b10-5+,15-6+/t17-,20+,21+,22-/m0/s1. The molecule has 3 rings (SSSR count). The van der Waals surface area contributed by atoms with E-state index in [9.17, 15) is 14.4 Å². The van der Waals surface area contributed by atoms with Gasteiger partial charge in [0, 0.05) is 24.8 Å². The van der Waals surface area contributed by atoms with Gasteiger partial charge in [0.25, 0.3) is 0 Å². The second-order valence-electron chi connectivity index (χ2n) is 8.12. The van der Waals surface area contributed by atoms with Crippen LogP contribution in [0.2, 0.25) is 0 Å². The van der Waals surface area contributed by atoms with E-state index in [1.54, 1.807) is 19.1 Å². The van der Waals surface area contributed by atoms with Crippen molar-refractivity contribution in [2.75, 3.05) is 0 Å². The third-order valence-corrected chi connectivity index (χ3v) is 6.31. The van der Waals surface area contributed by atoms with Crippen LogP contribution in [0.25, 0.3) is 0 Å². The normalized spacial score (nSPS) is 37.1. The molecule has 0 spiro atoms. The molecule has 0 radical (unpaired) electrons. The van der Waals surface area contributed by atoms with E-state index in [1.165, 1.54) is 19.9 Å². The van der Waals surface area contributed by atoms with Gasteiger partial charge in [-0.2, -0.15) is 0 Å². The van der Waals surface area contributed by atoms with Crippen LogP contribution in [0.5, 0.6) is 0 Å². The molecule has 6 nitrogen and oxygen atoms in total. The predicted octanol–water partition coefficient (Wildman–Crippen LogP) is 3.49. The number of cyclic esters (lactones) is 1. The largest absolute Gasteiger partial charge is 0.478 e. The van der Waals surface area contributed by atoms with E-state index in [-0.39, 0.29) is 11.5 Å².